The van der Waals surface area contributed by atoms with E-state index >= 15 is 0 Å². The van der Waals surface area contributed by atoms with Crippen molar-refractivity contribution in [3.05, 3.63) is 40.1 Å². The van der Waals surface area contributed by atoms with E-state index < -0.39 is 0 Å². The number of hydrogen-bond donors (Lipinski definition) is 1. The first kappa shape index (κ1) is 18.4. The van der Waals surface area contributed by atoms with E-state index in [1.54, 1.807) is 11.3 Å². The topological polar surface area (TPSA) is 58.2 Å². The quantitative estimate of drug-likeness (QED) is 0.611. The van der Waals surface area contributed by atoms with Crippen LogP contribution in [0.15, 0.2) is 34.8 Å². The third-order valence-corrected chi connectivity index (χ3v) is 6.73. The van der Waals surface area contributed by atoms with Gasteiger partial charge in [-0.15, -0.1) is 11.3 Å². The molecule has 0 bridgehead atoms. The summed E-state index contributed by atoms with van der Waals surface area (Å²) >= 11 is 3.27. The second-order valence-corrected chi connectivity index (χ2v) is 8.47. The van der Waals surface area contributed by atoms with Crippen LogP contribution < -0.4 is 4.74 Å². The number of amides is 1. The molecule has 0 radical (unpaired) electrons. The summed E-state index contributed by atoms with van der Waals surface area (Å²) in [5, 5.41) is 2.91. The number of nitrogens with zero attached hydrogens (tertiary/aromatic N) is 2. The van der Waals surface area contributed by atoms with E-state index in [4.69, 9.17) is 4.74 Å². The molecule has 0 aliphatic carbocycles. The number of nitrogens with one attached hydrogen (secondary N) is 1. The van der Waals surface area contributed by atoms with Crippen LogP contribution in [0.2, 0.25) is 0 Å². The molecular formula is C20H23N3O2S2. The van der Waals surface area contributed by atoms with Gasteiger partial charge in [0.15, 0.2) is 5.16 Å². The number of aromatic amines is 1. The average molecular weight is 402 g/mol. The number of fused-ring (bicyclic) bond motifs is 2. The molecule has 0 fully saturated rings. The molecule has 5 nitrogen and oxygen atoms in total. The van der Waals surface area contributed by atoms with Gasteiger partial charge < -0.3 is 14.6 Å². The number of rotatable bonds is 6. The normalized spacial score (nSPS) is 16.5. The summed E-state index contributed by atoms with van der Waals surface area (Å²) < 4.78 is 5.53. The van der Waals surface area contributed by atoms with Crippen molar-refractivity contribution in [1.82, 2.24) is 14.9 Å². The maximum atomic E-state index is 12.9. The van der Waals surface area contributed by atoms with Crippen LogP contribution in [0.4, 0.5) is 0 Å². The van der Waals surface area contributed by atoms with Gasteiger partial charge in [0.25, 0.3) is 0 Å². The number of ether oxygens (including phenoxy) is 1. The van der Waals surface area contributed by atoms with Gasteiger partial charge >= 0.3 is 0 Å². The smallest absolute Gasteiger partial charge is 0.233 e. The fraction of sp³-hybridized carbons (Fsp3) is 0.400. The Hall–Kier alpha value is -1.99. The molecule has 1 aliphatic heterocycles. The lowest BCUT2D eigenvalue weighted by Crippen LogP contribution is -2.40. The maximum Gasteiger partial charge on any atom is 0.233 e. The highest BCUT2D eigenvalue weighted by molar-refractivity contribution is 7.99. The molecule has 2 aromatic heterocycles. The van der Waals surface area contributed by atoms with E-state index in [9.17, 15) is 4.79 Å². The van der Waals surface area contributed by atoms with Crippen LogP contribution in [-0.2, 0) is 11.2 Å². The Morgan fingerprint density at radius 2 is 2.30 bits per heavy atom. The molecule has 3 heterocycles. The lowest BCUT2D eigenvalue weighted by molar-refractivity contribution is -0.131. The first-order valence-corrected chi connectivity index (χ1v) is 11.2. The Balaban J connectivity index is 1.44. The zero-order chi connectivity index (χ0) is 18.8. The lowest BCUT2D eigenvalue weighted by atomic mass is 9.98. The van der Waals surface area contributed by atoms with Crippen molar-refractivity contribution in [3.63, 3.8) is 0 Å². The number of benzene rings is 1. The standard InChI is InChI=1S/C20H23N3O2S2/c1-3-17-14-8-10-26-18(14)7-9-23(17)19(24)12-27-20-21-15-6-5-13(25-4-2)11-16(15)22-20/h5-6,8,10-11,17H,3-4,7,9,12H2,1-2H3,(H,21,22). The minimum Gasteiger partial charge on any atom is -0.494 e. The number of imidazole rings is 1. The van der Waals surface area contributed by atoms with Gasteiger partial charge in [-0.1, -0.05) is 18.7 Å². The van der Waals surface area contributed by atoms with E-state index in [0.29, 0.717) is 12.4 Å². The van der Waals surface area contributed by atoms with Crippen molar-refractivity contribution >= 4 is 40.0 Å². The molecule has 4 rings (SSSR count). The largest absolute Gasteiger partial charge is 0.494 e. The molecule has 3 aromatic rings. The van der Waals surface area contributed by atoms with E-state index in [0.717, 1.165) is 41.3 Å². The van der Waals surface area contributed by atoms with Crippen molar-refractivity contribution in [1.29, 1.82) is 0 Å². The van der Waals surface area contributed by atoms with Gasteiger partial charge in [-0.2, -0.15) is 0 Å². The second-order valence-electron chi connectivity index (χ2n) is 6.50. The van der Waals surface area contributed by atoms with Crippen LogP contribution in [0.3, 0.4) is 0 Å². The number of carbonyl (C=O) groups excluding carboxylic acids is 1. The van der Waals surface area contributed by atoms with Crippen LogP contribution >= 0.6 is 23.1 Å². The fourth-order valence-electron chi connectivity index (χ4n) is 3.64. The summed E-state index contributed by atoms with van der Waals surface area (Å²) in [7, 11) is 0. The zero-order valence-electron chi connectivity index (χ0n) is 15.5. The number of aromatic nitrogens is 2. The van der Waals surface area contributed by atoms with Crippen molar-refractivity contribution < 1.29 is 9.53 Å². The lowest BCUT2D eigenvalue weighted by Gasteiger charge is -2.35. The number of H-pyrrole nitrogens is 1. The number of thiophene rings is 1. The molecule has 0 spiro atoms. The van der Waals surface area contributed by atoms with E-state index in [1.165, 1.54) is 22.2 Å². The molecule has 1 atom stereocenters. The Kier molecular flexibility index (Phi) is 5.41. The first-order valence-electron chi connectivity index (χ1n) is 9.30. The zero-order valence-corrected chi connectivity index (χ0v) is 17.2. The average Bonchev–Trinajstić information content (AvgIpc) is 3.31. The molecular weight excluding hydrogens is 378 g/mol. The van der Waals surface area contributed by atoms with Gasteiger partial charge in [0.2, 0.25) is 5.91 Å². The molecule has 7 heteroatoms. The summed E-state index contributed by atoms with van der Waals surface area (Å²) in [6.45, 7) is 5.56. The highest BCUT2D eigenvalue weighted by Gasteiger charge is 2.30. The van der Waals surface area contributed by atoms with Gasteiger partial charge in [-0.25, -0.2) is 4.98 Å². The fourth-order valence-corrected chi connectivity index (χ4v) is 5.34. The van der Waals surface area contributed by atoms with Gasteiger partial charge in [-0.05, 0) is 48.9 Å². The van der Waals surface area contributed by atoms with Crippen LogP contribution in [0.5, 0.6) is 5.75 Å². The molecule has 0 saturated carbocycles. The number of hydrogen-bond acceptors (Lipinski definition) is 5. The molecule has 0 saturated heterocycles. The molecule has 1 aromatic carbocycles. The highest BCUT2D eigenvalue weighted by Crippen LogP contribution is 2.35. The Bertz CT molecular complexity index is 950. The molecule has 1 aliphatic rings. The third kappa shape index (κ3) is 3.71. The second kappa shape index (κ2) is 7.94. The summed E-state index contributed by atoms with van der Waals surface area (Å²) in [5.41, 5.74) is 3.16. The molecule has 1 unspecified atom stereocenters. The Morgan fingerprint density at radius 1 is 1.41 bits per heavy atom. The summed E-state index contributed by atoms with van der Waals surface area (Å²) in [6, 6.07) is 8.20. The van der Waals surface area contributed by atoms with E-state index in [2.05, 4.69) is 28.3 Å². The molecule has 27 heavy (non-hydrogen) atoms. The molecule has 1 N–H and O–H groups in total. The van der Waals surface area contributed by atoms with Crippen LogP contribution in [0.1, 0.15) is 36.8 Å². The van der Waals surface area contributed by atoms with Crippen LogP contribution in [0.25, 0.3) is 11.0 Å². The third-order valence-electron chi connectivity index (χ3n) is 4.88. The molecule has 142 valence electrons. The van der Waals surface area contributed by atoms with Gasteiger partial charge in [-0.3, -0.25) is 4.79 Å². The maximum absolute atomic E-state index is 12.9. The van der Waals surface area contributed by atoms with Crippen molar-refractivity contribution in [2.75, 3.05) is 18.9 Å². The highest BCUT2D eigenvalue weighted by atomic mass is 32.2. The van der Waals surface area contributed by atoms with Crippen molar-refractivity contribution in [2.45, 2.75) is 37.9 Å². The van der Waals surface area contributed by atoms with Crippen LogP contribution in [-0.4, -0.2) is 39.7 Å². The summed E-state index contributed by atoms with van der Waals surface area (Å²) in [6.07, 6.45) is 1.91. The monoisotopic (exact) mass is 401 g/mol. The Morgan fingerprint density at radius 3 is 3.11 bits per heavy atom. The van der Waals surface area contributed by atoms with E-state index in [1.807, 2.05) is 30.0 Å². The van der Waals surface area contributed by atoms with Gasteiger partial charge in [0, 0.05) is 17.5 Å². The van der Waals surface area contributed by atoms with Crippen molar-refractivity contribution in [2.24, 2.45) is 0 Å². The predicted octanol–water partition coefficient (Wildman–Crippen LogP) is 4.65. The SMILES string of the molecule is CCOc1ccc2nc(SCC(=O)N3CCc4sccc4C3CC)[nH]c2c1. The molecule has 1 amide bonds. The summed E-state index contributed by atoms with van der Waals surface area (Å²) in [4.78, 5) is 24.2. The minimum absolute atomic E-state index is 0.180. The predicted molar refractivity (Wildman–Crippen MR) is 111 cm³/mol. The first-order chi connectivity index (χ1) is 13.2. The van der Waals surface area contributed by atoms with Gasteiger partial charge in [0.05, 0.1) is 29.4 Å². The number of carbonyl (C=O) groups is 1. The Labute approximate surface area is 167 Å². The van der Waals surface area contributed by atoms with Gasteiger partial charge in [0.1, 0.15) is 5.75 Å². The van der Waals surface area contributed by atoms with E-state index in [-0.39, 0.29) is 11.9 Å². The van der Waals surface area contributed by atoms with Crippen molar-refractivity contribution in [3.8, 4) is 5.75 Å². The van der Waals surface area contributed by atoms with Crippen LogP contribution in [0, 0.1) is 0 Å². The minimum atomic E-state index is 0.180. The number of thioether (sulfide) groups is 1. The summed E-state index contributed by atoms with van der Waals surface area (Å²) in [5.74, 6) is 1.40.